The van der Waals surface area contributed by atoms with Crippen LogP contribution in [0.25, 0.3) is 0 Å². The number of methoxy groups -OCH3 is 1. The van der Waals surface area contributed by atoms with Crippen LogP contribution in [0, 0.1) is 0 Å². The van der Waals surface area contributed by atoms with Gasteiger partial charge in [-0.2, -0.15) is 0 Å². The molecule has 24 heavy (non-hydrogen) atoms. The van der Waals surface area contributed by atoms with Crippen LogP contribution in [0.15, 0.2) is 29.4 Å². The van der Waals surface area contributed by atoms with Crippen LogP contribution in [0.4, 0.5) is 10.5 Å². The zero-order valence-corrected chi connectivity index (χ0v) is 14.3. The van der Waals surface area contributed by atoms with Gasteiger partial charge in [0.25, 0.3) is 0 Å². The molecule has 0 radical (unpaired) electrons. The Hall–Kier alpha value is -2.61. The van der Waals surface area contributed by atoms with E-state index in [0.717, 1.165) is 0 Å². The van der Waals surface area contributed by atoms with E-state index in [4.69, 9.17) is 9.94 Å². The van der Waals surface area contributed by atoms with Crippen molar-refractivity contribution in [3.8, 4) is 0 Å². The molecule has 132 valence electrons. The molecule has 2 rings (SSSR count). The van der Waals surface area contributed by atoms with Crippen molar-refractivity contribution in [2.75, 3.05) is 32.2 Å². The van der Waals surface area contributed by atoms with Crippen molar-refractivity contribution < 1.29 is 24.3 Å². The molecule has 1 atom stereocenters. The third kappa shape index (κ3) is 5.54. The number of hydrogen-bond donors (Lipinski definition) is 2. The Balaban J connectivity index is 0.000000891. The van der Waals surface area contributed by atoms with Gasteiger partial charge in [-0.05, 0) is 38.1 Å². The number of anilines is 1. The summed E-state index contributed by atoms with van der Waals surface area (Å²) in [6.07, 6.45) is -0.766. The normalized spacial score (nSPS) is 17.0. The smallest absolute Gasteiger partial charge is 0.414 e. The number of oxime groups is 1. The van der Waals surface area contributed by atoms with E-state index in [1.54, 1.807) is 45.4 Å². The lowest BCUT2D eigenvalue weighted by molar-refractivity contribution is 0.101. The van der Waals surface area contributed by atoms with E-state index in [0.29, 0.717) is 30.2 Å². The topological polar surface area (TPSA) is 100 Å². The number of amides is 1. The standard InChI is InChI=1S/C14H17N3O4.C2H6O/c1-9(18)11-3-5-12(6-4-11)17-8-13(21-14(17)19)7-15-10(2)16-20;1-3-2/h3-6,13,20H,7-8H2,1-2H3,(H,15,16);1-2H3. The van der Waals surface area contributed by atoms with Crippen molar-refractivity contribution in [1.82, 2.24) is 5.32 Å². The summed E-state index contributed by atoms with van der Waals surface area (Å²) in [6, 6.07) is 6.79. The van der Waals surface area contributed by atoms with Crippen molar-refractivity contribution in [1.29, 1.82) is 0 Å². The largest absolute Gasteiger partial charge is 0.442 e. The molecule has 1 aliphatic rings. The first-order valence-corrected chi connectivity index (χ1v) is 7.34. The SMILES string of the molecule is CC(=O)c1ccc(N2CC(CNC(C)=NO)OC2=O)cc1.COC. The van der Waals surface area contributed by atoms with Gasteiger partial charge in [0.1, 0.15) is 11.9 Å². The van der Waals surface area contributed by atoms with Crippen LogP contribution < -0.4 is 10.2 Å². The number of carbonyl (C=O) groups excluding carboxylic acids is 2. The van der Waals surface area contributed by atoms with Gasteiger partial charge >= 0.3 is 6.09 Å². The van der Waals surface area contributed by atoms with Crippen LogP contribution >= 0.6 is 0 Å². The number of rotatable bonds is 4. The van der Waals surface area contributed by atoms with E-state index in [2.05, 4.69) is 15.2 Å². The molecule has 0 spiro atoms. The van der Waals surface area contributed by atoms with Crippen LogP contribution in [0.3, 0.4) is 0 Å². The fourth-order valence-electron chi connectivity index (χ4n) is 2.01. The Morgan fingerprint density at radius 1 is 1.38 bits per heavy atom. The molecule has 1 aromatic rings. The molecular formula is C16H23N3O5. The summed E-state index contributed by atoms with van der Waals surface area (Å²) >= 11 is 0. The lowest BCUT2D eigenvalue weighted by Gasteiger charge is -2.13. The summed E-state index contributed by atoms with van der Waals surface area (Å²) in [4.78, 5) is 24.6. The van der Waals surface area contributed by atoms with E-state index in [9.17, 15) is 9.59 Å². The first kappa shape index (κ1) is 19.4. The summed E-state index contributed by atoms with van der Waals surface area (Å²) in [5, 5.41) is 14.4. The summed E-state index contributed by atoms with van der Waals surface area (Å²) in [7, 11) is 3.25. The number of benzene rings is 1. The Labute approximate surface area is 141 Å². The second-order valence-electron chi connectivity index (χ2n) is 5.19. The van der Waals surface area contributed by atoms with Gasteiger partial charge in [0.05, 0.1) is 13.1 Å². The predicted molar refractivity (Wildman–Crippen MR) is 89.9 cm³/mol. The maximum atomic E-state index is 11.8. The molecular weight excluding hydrogens is 314 g/mol. The first-order chi connectivity index (χ1) is 11.4. The van der Waals surface area contributed by atoms with E-state index < -0.39 is 6.09 Å². The van der Waals surface area contributed by atoms with Gasteiger partial charge in [-0.3, -0.25) is 9.69 Å². The molecule has 1 aromatic carbocycles. The van der Waals surface area contributed by atoms with Gasteiger partial charge in [0.2, 0.25) is 0 Å². The summed E-state index contributed by atoms with van der Waals surface area (Å²) in [6.45, 7) is 3.86. The molecule has 8 heteroatoms. The fourth-order valence-corrected chi connectivity index (χ4v) is 2.01. The van der Waals surface area contributed by atoms with Gasteiger partial charge in [0, 0.05) is 25.5 Å². The third-order valence-electron chi connectivity index (χ3n) is 3.20. The van der Waals surface area contributed by atoms with Crippen LogP contribution in [0.2, 0.25) is 0 Å². The minimum atomic E-state index is -0.434. The van der Waals surface area contributed by atoms with E-state index in [-0.39, 0.29) is 11.9 Å². The van der Waals surface area contributed by atoms with Gasteiger partial charge in [-0.25, -0.2) is 4.79 Å². The molecule has 1 heterocycles. The number of ketones is 1. The molecule has 1 fully saturated rings. The number of ether oxygens (including phenoxy) is 2. The highest BCUT2D eigenvalue weighted by atomic mass is 16.6. The predicted octanol–water partition coefficient (Wildman–Crippen LogP) is 1.87. The van der Waals surface area contributed by atoms with Crippen molar-refractivity contribution in [2.45, 2.75) is 20.0 Å². The first-order valence-electron chi connectivity index (χ1n) is 7.34. The van der Waals surface area contributed by atoms with Gasteiger partial charge in [-0.15, -0.1) is 0 Å². The number of carbonyl (C=O) groups is 2. The molecule has 2 N–H and O–H groups in total. The van der Waals surface area contributed by atoms with Gasteiger partial charge in [-0.1, -0.05) is 5.16 Å². The van der Waals surface area contributed by atoms with Crippen LogP contribution in [-0.2, 0) is 9.47 Å². The minimum Gasteiger partial charge on any atom is -0.442 e. The van der Waals surface area contributed by atoms with E-state index >= 15 is 0 Å². The quantitative estimate of drug-likeness (QED) is 0.286. The number of nitrogens with one attached hydrogen (secondary N) is 1. The van der Waals surface area contributed by atoms with Crippen molar-refractivity contribution in [3.05, 3.63) is 29.8 Å². The lowest BCUT2D eigenvalue weighted by atomic mass is 10.1. The summed E-state index contributed by atoms with van der Waals surface area (Å²) < 4.78 is 9.47. The number of nitrogens with zero attached hydrogens (tertiary/aromatic N) is 2. The highest BCUT2D eigenvalue weighted by molar-refractivity contribution is 5.95. The molecule has 0 bridgehead atoms. The fraction of sp³-hybridized carbons (Fsp3) is 0.438. The van der Waals surface area contributed by atoms with E-state index in [1.165, 1.54) is 11.8 Å². The highest BCUT2D eigenvalue weighted by Gasteiger charge is 2.32. The molecule has 0 saturated carbocycles. The number of cyclic esters (lactones) is 1. The summed E-state index contributed by atoms with van der Waals surface area (Å²) in [5.74, 6) is 0.335. The Morgan fingerprint density at radius 2 is 1.96 bits per heavy atom. The zero-order valence-electron chi connectivity index (χ0n) is 14.3. The third-order valence-corrected chi connectivity index (χ3v) is 3.20. The van der Waals surface area contributed by atoms with Crippen molar-refractivity contribution in [3.63, 3.8) is 0 Å². The second-order valence-corrected chi connectivity index (χ2v) is 5.19. The Bertz CT molecular complexity index is 586. The molecule has 8 nitrogen and oxygen atoms in total. The van der Waals surface area contributed by atoms with Gasteiger partial charge in [0.15, 0.2) is 5.78 Å². The highest BCUT2D eigenvalue weighted by Crippen LogP contribution is 2.22. The average Bonchev–Trinajstić information content (AvgIpc) is 2.94. The van der Waals surface area contributed by atoms with Crippen molar-refractivity contribution >= 4 is 23.4 Å². The average molecular weight is 337 g/mol. The van der Waals surface area contributed by atoms with Crippen LogP contribution in [0.1, 0.15) is 24.2 Å². The summed E-state index contributed by atoms with van der Waals surface area (Å²) in [5.41, 5.74) is 1.28. The molecule has 1 unspecified atom stereocenters. The minimum absolute atomic E-state index is 0.0219. The second kappa shape index (κ2) is 9.51. The molecule has 1 amide bonds. The molecule has 0 aliphatic carbocycles. The zero-order chi connectivity index (χ0) is 18.1. The molecule has 0 aromatic heterocycles. The van der Waals surface area contributed by atoms with Crippen LogP contribution in [-0.4, -0.2) is 56.3 Å². The Kier molecular flexibility index (Phi) is 7.70. The maximum absolute atomic E-state index is 11.8. The number of Topliss-reactive ketones (excluding diaryl/α,β-unsaturated/α-hetero) is 1. The number of hydrogen-bond acceptors (Lipinski definition) is 6. The van der Waals surface area contributed by atoms with E-state index in [1.807, 2.05) is 0 Å². The molecule has 1 saturated heterocycles. The van der Waals surface area contributed by atoms with Crippen LogP contribution in [0.5, 0.6) is 0 Å². The lowest BCUT2D eigenvalue weighted by Crippen LogP contribution is -2.33. The monoisotopic (exact) mass is 337 g/mol. The molecule has 1 aliphatic heterocycles. The van der Waals surface area contributed by atoms with Gasteiger partial charge < -0.3 is 20.0 Å². The maximum Gasteiger partial charge on any atom is 0.414 e. The number of amidine groups is 1. The Morgan fingerprint density at radius 3 is 2.46 bits per heavy atom. The van der Waals surface area contributed by atoms with Crippen molar-refractivity contribution in [2.24, 2.45) is 5.16 Å².